The maximum atomic E-state index is 12.0. The summed E-state index contributed by atoms with van der Waals surface area (Å²) in [5.74, 6) is -0.149. The summed E-state index contributed by atoms with van der Waals surface area (Å²) in [6.07, 6.45) is 1.94. The third-order valence-electron chi connectivity index (χ3n) is 3.28. The van der Waals surface area contributed by atoms with E-state index in [1.165, 1.54) is 0 Å². The number of halogens is 2. The quantitative estimate of drug-likeness (QED) is 0.898. The second-order valence-electron chi connectivity index (χ2n) is 4.60. The molecule has 1 fully saturated rings. The highest BCUT2D eigenvalue weighted by Crippen LogP contribution is 2.29. The van der Waals surface area contributed by atoms with Crippen molar-refractivity contribution >= 4 is 34.8 Å². The van der Waals surface area contributed by atoms with Gasteiger partial charge in [-0.2, -0.15) is 0 Å². The smallest absolute Gasteiger partial charge is 0.238 e. The van der Waals surface area contributed by atoms with Crippen molar-refractivity contribution in [2.24, 2.45) is 0 Å². The number of nitrogens with one attached hydrogen (secondary N) is 1. The number of rotatable bonds is 4. The van der Waals surface area contributed by atoms with Gasteiger partial charge in [0.25, 0.3) is 0 Å². The first-order valence-electron chi connectivity index (χ1n) is 6.20. The van der Waals surface area contributed by atoms with Crippen LogP contribution in [0.3, 0.4) is 0 Å². The number of anilines is 1. The van der Waals surface area contributed by atoms with Crippen LogP contribution in [0.4, 0.5) is 5.69 Å². The highest BCUT2D eigenvalue weighted by atomic mass is 35.5. The molecular formula is C13H16Cl2N2O2. The number of hydrogen-bond donors (Lipinski definition) is 2. The standard InChI is InChI=1S/C13H16Cl2N2O2/c14-10-4-1-5-11(13(10)15)16-12(19)7-17-6-2-3-9(17)8-18/h1,4-5,9,18H,2-3,6-8H2,(H,16,19). The second kappa shape index (κ2) is 6.57. The van der Waals surface area contributed by atoms with Gasteiger partial charge in [-0.05, 0) is 31.5 Å². The van der Waals surface area contributed by atoms with Crippen molar-refractivity contribution in [1.29, 1.82) is 0 Å². The number of aliphatic hydroxyl groups is 1. The van der Waals surface area contributed by atoms with Gasteiger partial charge < -0.3 is 10.4 Å². The number of amides is 1. The van der Waals surface area contributed by atoms with Gasteiger partial charge >= 0.3 is 0 Å². The molecule has 2 N–H and O–H groups in total. The Morgan fingerprint density at radius 1 is 1.47 bits per heavy atom. The van der Waals surface area contributed by atoms with Gasteiger partial charge in [-0.3, -0.25) is 9.69 Å². The van der Waals surface area contributed by atoms with Gasteiger partial charge in [0.05, 0.1) is 28.9 Å². The Morgan fingerprint density at radius 3 is 3.00 bits per heavy atom. The molecular weight excluding hydrogens is 287 g/mol. The van der Waals surface area contributed by atoms with Crippen LogP contribution in [-0.4, -0.2) is 41.7 Å². The SMILES string of the molecule is O=C(CN1CCCC1CO)Nc1cccc(Cl)c1Cl. The number of carbonyl (C=O) groups is 1. The van der Waals surface area contributed by atoms with Crippen LogP contribution in [0.25, 0.3) is 0 Å². The van der Waals surface area contributed by atoms with Crippen molar-refractivity contribution in [3.05, 3.63) is 28.2 Å². The Balaban J connectivity index is 1.96. The average Bonchev–Trinajstić information content (AvgIpc) is 2.82. The lowest BCUT2D eigenvalue weighted by Crippen LogP contribution is -2.38. The van der Waals surface area contributed by atoms with E-state index in [0.29, 0.717) is 15.7 Å². The van der Waals surface area contributed by atoms with Crippen LogP contribution in [-0.2, 0) is 4.79 Å². The van der Waals surface area contributed by atoms with Crippen LogP contribution in [0.15, 0.2) is 18.2 Å². The van der Waals surface area contributed by atoms with Crippen LogP contribution in [0.5, 0.6) is 0 Å². The first kappa shape index (κ1) is 14.6. The van der Waals surface area contributed by atoms with Crippen LogP contribution < -0.4 is 5.32 Å². The Kier molecular flexibility index (Phi) is 5.05. The fourth-order valence-corrected chi connectivity index (χ4v) is 2.63. The molecule has 0 aromatic heterocycles. The van der Waals surface area contributed by atoms with Crippen molar-refractivity contribution in [3.8, 4) is 0 Å². The molecule has 0 spiro atoms. The normalized spacial score (nSPS) is 19.6. The summed E-state index contributed by atoms with van der Waals surface area (Å²) in [6.45, 7) is 1.18. The minimum absolute atomic E-state index is 0.0839. The van der Waals surface area contributed by atoms with Crippen LogP contribution in [0, 0.1) is 0 Å². The molecule has 0 radical (unpaired) electrons. The van der Waals surface area contributed by atoms with Crippen LogP contribution >= 0.6 is 23.2 Å². The molecule has 104 valence electrons. The van der Waals surface area contributed by atoms with Gasteiger partial charge in [-0.15, -0.1) is 0 Å². The topological polar surface area (TPSA) is 52.6 Å². The van der Waals surface area contributed by atoms with E-state index < -0.39 is 0 Å². The molecule has 0 aliphatic carbocycles. The van der Waals surface area contributed by atoms with Crippen molar-refractivity contribution in [1.82, 2.24) is 4.90 Å². The summed E-state index contributed by atoms with van der Waals surface area (Å²) in [7, 11) is 0. The molecule has 6 heteroatoms. The summed E-state index contributed by atoms with van der Waals surface area (Å²) in [6, 6.07) is 5.19. The molecule has 1 aromatic rings. The number of hydrogen-bond acceptors (Lipinski definition) is 3. The molecule has 4 nitrogen and oxygen atoms in total. The van der Waals surface area contributed by atoms with E-state index in [4.69, 9.17) is 23.2 Å². The number of carbonyl (C=O) groups excluding carboxylic acids is 1. The third-order valence-corrected chi connectivity index (χ3v) is 4.10. The van der Waals surface area contributed by atoms with E-state index >= 15 is 0 Å². The average molecular weight is 303 g/mol. The number of nitrogens with zero attached hydrogens (tertiary/aromatic N) is 1. The van der Waals surface area contributed by atoms with Gasteiger partial charge in [-0.1, -0.05) is 29.3 Å². The minimum atomic E-state index is -0.149. The molecule has 19 heavy (non-hydrogen) atoms. The fraction of sp³-hybridized carbons (Fsp3) is 0.462. The predicted octanol–water partition coefficient (Wildman–Crippen LogP) is 2.39. The Labute approximate surface area is 122 Å². The molecule has 1 aromatic carbocycles. The summed E-state index contributed by atoms with van der Waals surface area (Å²) >= 11 is 11.9. The lowest BCUT2D eigenvalue weighted by molar-refractivity contribution is -0.117. The third kappa shape index (κ3) is 3.60. The lowest BCUT2D eigenvalue weighted by atomic mass is 10.2. The second-order valence-corrected chi connectivity index (χ2v) is 5.38. The molecule has 0 saturated carbocycles. The number of benzene rings is 1. The molecule has 2 rings (SSSR count). The molecule has 1 atom stereocenters. The summed E-state index contributed by atoms with van der Waals surface area (Å²) < 4.78 is 0. The zero-order chi connectivity index (χ0) is 13.8. The molecule has 1 unspecified atom stereocenters. The highest BCUT2D eigenvalue weighted by molar-refractivity contribution is 6.43. The van der Waals surface area contributed by atoms with Gasteiger partial charge in [0.15, 0.2) is 0 Å². The first-order chi connectivity index (χ1) is 9.11. The molecule has 0 bridgehead atoms. The van der Waals surface area contributed by atoms with Crippen LogP contribution in [0.1, 0.15) is 12.8 Å². The minimum Gasteiger partial charge on any atom is -0.395 e. The van der Waals surface area contributed by atoms with Gasteiger partial charge in [-0.25, -0.2) is 0 Å². The van der Waals surface area contributed by atoms with E-state index in [0.717, 1.165) is 19.4 Å². The van der Waals surface area contributed by atoms with E-state index in [2.05, 4.69) is 5.32 Å². The summed E-state index contributed by atoms with van der Waals surface area (Å²) in [5, 5.41) is 12.7. The predicted molar refractivity (Wildman–Crippen MR) is 76.8 cm³/mol. The zero-order valence-corrected chi connectivity index (χ0v) is 11.9. The molecule has 1 aliphatic rings. The van der Waals surface area contributed by atoms with E-state index in [-0.39, 0.29) is 25.1 Å². The van der Waals surface area contributed by atoms with Crippen molar-refractivity contribution in [3.63, 3.8) is 0 Å². The largest absolute Gasteiger partial charge is 0.395 e. The van der Waals surface area contributed by atoms with E-state index in [1.807, 2.05) is 4.90 Å². The Hall–Kier alpha value is -0.810. The van der Waals surface area contributed by atoms with Crippen molar-refractivity contribution < 1.29 is 9.90 Å². The lowest BCUT2D eigenvalue weighted by Gasteiger charge is -2.22. The first-order valence-corrected chi connectivity index (χ1v) is 6.96. The molecule has 1 saturated heterocycles. The van der Waals surface area contributed by atoms with Crippen LogP contribution in [0.2, 0.25) is 10.0 Å². The maximum Gasteiger partial charge on any atom is 0.238 e. The summed E-state index contributed by atoms with van der Waals surface area (Å²) in [4.78, 5) is 13.9. The maximum absolute atomic E-state index is 12.0. The van der Waals surface area contributed by atoms with E-state index in [1.54, 1.807) is 18.2 Å². The fourth-order valence-electron chi connectivity index (χ4n) is 2.28. The number of likely N-dealkylation sites (tertiary alicyclic amines) is 1. The highest BCUT2D eigenvalue weighted by Gasteiger charge is 2.25. The van der Waals surface area contributed by atoms with Gasteiger partial charge in [0, 0.05) is 6.04 Å². The van der Waals surface area contributed by atoms with Crippen molar-refractivity contribution in [2.75, 3.05) is 25.0 Å². The molecule has 1 heterocycles. The molecule has 1 amide bonds. The molecule has 1 aliphatic heterocycles. The zero-order valence-electron chi connectivity index (χ0n) is 10.4. The summed E-state index contributed by atoms with van der Waals surface area (Å²) in [5.41, 5.74) is 0.513. The number of aliphatic hydroxyl groups excluding tert-OH is 1. The van der Waals surface area contributed by atoms with Gasteiger partial charge in [0.2, 0.25) is 5.91 Å². The van der Waals surface area contributed by atoms with Gasteiger partial charge in [0.1, 0.15) is 0 Å². The monoisotopic (exact) mass is 302 g/mol. The van der Waals surface area contributed by atoms with Crippen molar-refractivity contribution in [2.45, 2.75) is 18.9 Å². The Morgan fingerprint density at radius 2 is 2.26 bits per heavy atom. The Bertz CT molecular complexity index is 468. The van der Waals surface area contributed by atoms with E-state index in [9.17, 15) is 9.90 Å².